The third kappa shape index (κ3) is 8.69. The zero-order chi connectivity index (χ0) is 18.4. The van der Waals surface area contributed by atoms with E-state index in [2.05, 4.69) is 51.6 Å². The molecule has 142 valence electrons. The molecule has 0 aliphatic carbocycles. The lowest BCUT2D eigenvalue weighted by Crippen LogP contribution is -2.38. The first-order valence-corrected chi connectivity index (χ1v) is 10.2. The normalized spacial score (nSPS) is 11.6. The second-order valence-corrected chi connectivity index (χ2v) is 6.77. The zero-order valence-electron chi connectivity index (χ0n) is 16.7. The van der Waals surface area contributed by atoms with Crippen LogP contribution in [0.5, 0.6) is 0 Å². The van der Waals surface area contributed by atoms with Crippen molar-refractivity contribution >= 4 is 6.08 Å². The quantitative estimate of drug-likeness (QED) is 0.257. The van der Waals surface area contributed by atoms with E-state index in [-0.39, 0.29) is 0 Å². The van der Waals surface area contributed by atoms with Crippen LogP contribution in [0.1, 0.15) is 83.3 Å². The largest absolute Gasteiger partial charge is 0.350 e. The maximum Gasteiger partial charge on any atom is 0.172 e. The Morgan fingerprint density at radius 1 is 0.840 bits per heavy atom. The summed E-state index contributed by atoms with van der Waals surface area (Å²) in [5, 5.41) is 0. The molecule has 0 saturated carbocycles. The van der Waals surface area contributed by atoms with Crippen molar-refractivity contribution in [3.8, 4) is 0 Å². The van der Waals surface area contributed by atoms with Gasteiger partial charge in [-0.25, -0.2) is 0 Å². The third-order valence-corrected chi connectivity index (χ3v) is 4.66. The summed E-state index contributed by atoms with van der Waals surface area (Å²) < 4.78 is 12.3. The second-order valence-electron chi connectivity index (χ2n) is 6.77. The molecule has 0 spiro atoms. The molecule has 0 unspecified atom stereocenters. The molecule has 0 aliphatic heterocycles. The molecule has 2 heteroatoms. The summed E-state index contributed by atoms with van der Waals surface area (Å²) >= 11 is 0. The van der Waals surface area contributed by atoms with E-state index in [1.165, 1.54) is 44.1 Å². The smallest absolute Gasteiger partial charge is 0.172 e. The maximum absolute atomic E-state index is 6.13. The van der Waals surface area contributed by atoms with Crippen LogP contribution in [0.4, 0.5) is 0 Å². The summed E-state index contributed by atoms with van der Waals surface area (Å²) in [6.07, 6.45) is 12.8. The summed E-state index contributed by atoms with van der Waals surface area (Å²) in [7, 11) is 0. The van der Waals surface area contributed by atoms with Crippen LogP contribution in [0.2, 0.25) is 0 Å². The van der Waals surface area contributed by atoms with E-state index in [1.807, 2.05) is 6.08 Å². The predicted octanol–water partition coefficient (Wildman–Crippen LogP) is 6.78. The van der Waals surface area contributed by atoms with Crippen molar-refractivity contribution in [1.29, 1.82) is 0 Å². The molecule has 1 rings (SSSR count). The fraction of sp³-hybridized carbons (Fsp3) is 0.652. The van der Waals surface area contributed by atoms with Crippen molar-refractivity contribution in [1.82, 2.24) is 0 Å². The average molecular weight is 347 g/mol. The minimum atomic E-state index is -0.484. The SMILES string of the molecule is C=Cc1ccc(CC(CCCCCCCCC)(OCC)OCC)cc1. The Labute approximate surface area is 155 Å². The van der Waals surface area contributed by atoms with E-state index in [0.29, 0.717) is 13.2 Å². The highest BCUT2D eigenvalue weighted by molar-refractivity contribution is 5.47. The summed E-state index contributed by atoms with van der Waals surface area (Å²) in [6.45, 7) is 11.6. The minimum absolute atomic E-state index is 0.484. The van der Waals surface area contributed by atoms with Crippen LogP contribution in [0.15, 0.2) is 30.8 Å². The number of hydrogen-bond acceptors (Lipinski definition) is 2. The molecular formula is C23H38O2. The highest BCUT2D eigenvalue weighted by Crippen LogP contribution is 2.27. The van der Waals surface area contributed by atoms with Crippen LogP contribution in [-0.2, 0) is 15.9 Å². The monoisotopic (exact) mass is 346 g/mol. The molecule has 0 fully saturated rings. The van der Waals surface area contributed by atoms with Gasteiger partial charge in [-0.1, -0.05) is 82.4 Å². The predicted molar refractivity (Wildman–Crippen MR) is 109 cm³/mol. The van der Waals surface area contributed by atoms with E-state index in [4.69, 9.17) is 9.47 Å². The van der Waals surface area contributed by atoms with E-state index in [9.17, 15) is 0 Å². The van der Waals surface area contributed by atoms with Gasteiger partial charge in [-0.15, -0.1) is 0 Å². The Balaban J connectivity index is 2.60. The van der Waals surface area contributed by atoms with Gasteiger partial charge in [0.05, 0.1) is 0 Å². The summed E-state index contributed by atoms with van der Waals surface area (Å²) in [4.78, 5) is 0. The lowest BCUT2D eigenvalue weighted by Gasteiger charge is -2.34. The maximum atomic E-state index is 6.13. The molecule has 0 heterocycles. The Hall–Kier alpha value is -1.12. The number of benzene rings is 1. The topological polar surface area (TPSA) is 18.5 Å². The van der Waals surface area contributed by atoms with E-state index < -0.39 is 5.79 Å². The molecule has 0 amide bonds. The molecule has 0 aromatic heterocycles. The molecule has 0 atom stereocenters. The van der Waals surface area contributed by atoms with Gasteiger partial charge >= 0.3 is 0 Å². The van der Waals surface area contributed by atoms with E-state index >= 15 is 0 Å². The molecule has 0 saturated heterocycles. The van der Waals surface area contributed by atoms with Gasteiger partial charge in [0, 0.05) is 26.1 Å². The molecule has 0 radical (unpaired) electrons. The van der Waals surface area contributed by atoms with Gasteiger partial charge in [-0.2, -0.15) is 0 Å². The van der Waals surface area contributed by atoms with E-state index in [0.717, 1.165) is 24.8 Å². The molecule has 1 aromatic rings. The van der Waals surface area contributed by atoms with Crippen LogP contribution in [0.25, 0.3) is 6.08 Å². The van der Waals surface area contributed by atoms with Crippen LogP contribution in [-0.4, -0.2) is 19.0 Å². The molecule has 2 nitrogen and oxygen atoms in total. The minimum Gasteiger partial charge on any atom is -0.350 e. The lowest BCUT2D eigenvalue weighted by molar-refractivity contribution is -0.236. The van der Waals surface area contributed by atoms with Crippen molar-refractivity contribution in [2.45, 2.75) is 84.3 Å². The number of ether oxygens (including phenoxy) is 2. The highest BCUT2D eigenvalue weighted by Gasteiger charge is 2.31. The number of rotatable bonds is 15. The van der Waals surface area contributed by atoms with Gasteiger partial charge in [0.15, 0.2) is 5.79 Å². The van der Waals surface area contributed by atoms with Gasteiger partial charge in [0.25, 0.3) is 0 Å². The molecular weight excluding hydrogens is 308 g/mol. The molecule has 0 bridgehead atoms. The fourth-order valence-electron chi connectivity index (χ4n) is 3.34. The summed E-state index contributed by atoms with van der Waals surface area (Å²) in [5.74, 6) is -0.484. The Morgan fingerprint density at radius 2 is 1.40 bits per heavy atom. The van der Waals surface area contributed by atoms with Gasteiger partial charge in [0.2, 0.25) is 0 Å². The lowest BCUT2D eigenvalue weighted by atomic mass is 9.97. The van der Waals surface area contributed by atoms with Crippen molar-refractivity contribution in [3.63, 3.8) is 0 Å². The molecule has 0 aliphatic rings. The van der Waals surface area contributed by atoms with Crippen LogP contribution in [0.3, 0.4) is 0 Å². The first kappa shape index (κ1) is 21.9. The summed E-state index contributed by atoms with van der Waals surface area (Å²) in [5.41, 5.74) is 2.41. The second kappa shape index (κ2) is 13.1. The highest BCUT2D eigenvalue weighted by atomic mass is 16.7. The van der Waals surface area contributed by atoms with Crippen molar-refractivity contribution in [2.75, 3.05) is 13.2 Å². The number of unbranched alkanes of at least 4 members (excludes halogenated alkanes) is 6. The van der Waals surface area contributed by atoms with Crippen LogP contribution in [0, 0.1) is 0 Å². The first-order valence-electron chi connectivity index (χ1n) is 10.2. The average Bonchev–Trinajstić information content (AvgIpc) is 2.62. The Morgan fingerprint density at radius 3 is 1.92 bits per heavy atom. The van der Waals surface area contributed by atoms with Crippen LogP contribution < -0.4 is 0 Å². The van der Waals surface area contributed by atoms with Crippen molar-refractivity contribution < 1.29 is 9.47 Å². The number of hydrogen-bond donors (Lipinski definition) is 0. The van der Waals surface area contributed by atoms with Gasteiger partial charge in [-0.05, 0) is 31.4 Å². The first-order chi connectivity index (χ1) is 12.2. The fourth-order valence-corrected chi connectivity index (χ4v) is 3.34. The summed E-state index contributed by atoms with van der Waals surface area (Å²) in [6, 6.07) is 8.54. The van der Waals surface area contributed by atoms with Gasteiger partial charge in [-0.3, -0.25) is 0 Å². The van der Waals surface area contributed by atoms with Gasteiger partial charge < -0.3 is 9.47 Å². The molecule has 0 N–H and O–H groups in total. The standard InChI is InChI=1S/C23H38O2/c1-5-9-10-11-12-13-14-19-23(24-7-3,25-8-4)20-22-17-15-21(6-2)16-18-22/h6,15-18H,2,5,7-14,19-20H2,1,3-4H3. The third-order valence-electron chi connectivity index (χ3n) is 4.66. The van der Waals surface area contributed by atoms with E-state index in [1.54, 1.807) is 0 Å². The van der Waals surface area contributed by atoms with Crippen LogP contribution >= 0.6 is 0 Å². The molecule has 25 heavy (non-hydrogen) atoms. The van der Waals surface area contributed by atoms with Crippen molar-refractivity contribution in [2.24, 2.45) is 0 Å². The Bertz CT molecular complexity index is 444. The Kier molecular flexibility index (Phi) is 11.5. The van der Waals surface area contributed by atoms with Crippen molar-refractivity contribution in [3.05, 3.63) is 42.0 Å². The van der Waals surface area contributed by atoms with Gasteiger partial charge in [0.1, 0.15) is 0 Å². The molecule has 1 aromatic carbocycles. The zero-order valence-corrected chi connectivity index (χ0v) is 16.7.